The number of hydrogen-bond donors (Lipinski definition) is 1. The van der Waals surface area contributed by atoms with Crippen molar-refractivity contribution in [2.75, 3.05) is 5.32 Å². The summed E-state index contributed by atoms with van der Waals surface area (Å²) in [5.74, 6) is 1.06. The van der Waals surface area contributed by atoms with Crippen LogP contribution >= 0.6 is 0 Å². The monoisotopic (exact) mass is 499 g/mol. The topological polar surface area (TPSA) is 127 Å². The Hall–Kier alpha value is -4.10. The summed E-state index contributed by atoms with van der Waals surface area (Å²) in [6.45, 7) is 3.78. The summed E-state index contributed by atoms with van der Waals surface area (Å²) in [4.78, 5) is 27.0. The molecule has 186 valence electrons. The van der Waals surface area contributed by atoms with Crippen molar-refractivity contribution >= 4 is 17.5 Å². The number of anilines is 1. The number of amides is 2. The third kappa shape index (κ3) is 3.46. The molecule has 5 heterocycles. The number of nitrogens with one attached hydrogen (secondary N) is 1. The number of halogens is 3. The van der Waals surface area contributed by atoms with Crippen LogP contribution in [0.5, 0.6) is 0 Å². The predicted octanol–water partition coefficient (Wildman–Crippen LogP) is 3.83. The summed E-state index contributed by atoms with van der Waals surface area (Å²) >= 11 is 0. The second-order valence-electron chi connectivity index (χ2n) is 9.31. The van der Waals surface area contributed by atoms with Crippen LogP contribution in [0.25, 0.3) is 16.9 Å². The van der Waals surface area contributed by atoms with E-state index in [0.29, 0.717) is 42.4 Å². The van der Waals surface area contributed by atoms with Gasteiger partial charge in [-0.2, -0.15) is 18.3 Å². The van der Waals surface area contributed by atoms with Gasteiger partial charge in [0.1, 0.15) is 17.7 Å². The van der Waals surface area contributed by atoms with Crippen molar-refractivity contribution < 1.29 is 22.4 Å². The van der Waals surface area contributed by atoms with Gasteiger partial charge in [-0.25, -0.2) is 19.3 Å². The first-order valence-electron chi connectivity index (χ1n) is 11.3. The lowest BCUT2D eigenvalue weighted by Gasteiger charge is -2.61. The first-order valence-corrected chi connectivity index (χ1v) is 11.3. The van der Waals surface area contributed by atoms with E-state index in [2.05, 4.69) is 42.5 Å². The number of rotatable bonds is 3. The molecule has 4 aromatic heterocycles. The Kier molecular flexibility index (Phi) is 4.78. The van der Waals surface area contributed by atoms with Crippen molar-refractivity contribution in [1.29, 1.82) is 0 Å². The molecule has 1 N–H and O–H groups in total. The maximum atomic E-state index is 13.8. The molecule has 4 aromatic rings. The molecule has 2 amide bonds. The van der Waals surface area contributed by atoms with Crippen molar-refractivity contribution in [1.82, 2.24) is 39.7 Å². The van der Waals surface area contributed by atoms with Crippen molar-refractivity contribution in [2.45, 2.75) is 50.9 Å². The van der Waals surface area contributed by atoms with E-state index in [1.165, 1.54) is 23.2 Å². The molecule has 1 aliphatic heterocycles. The van der Waals surface area contributed by atoms with E-state index in [1.807, 2.05) is 0 Å². The van der Waals surface area contributed by atoms with Crippen molar-refractivity contribution in [2.24, 2.45) is 5.92 Å². The Bertz CT molecular complexity index is 1480. The fourth-order valence-electron chi connectivity index (χ4n) is 5.43. The molecule has 1 saturated heterocycles. The summed E-state index contributed by atoms with van der Waals surface area (Å²) in [6.07, 6.45) is 2.06. The van der Waals surface area contributed by atoms with Gasteiger partial charge in [0.15, 0.2) is 5.65 Å². The molecule has 14 heteroatoms. The number of hydrogen-bond acceptors (Lipinski definition) is 8. The third-order valence-corrected chi connectivity index (χ3v) is 6.79. The summed E-state index contributed by atoms with van der Waals surface area (Å²) in [5.41, 5.74) is -1.59. The van der Waals surface area contributed by atoms with Gasteiger partial charge >= 0.3 is 12.2 Å². The Morgan fingerprint density at radius 2 is 2.03 bits per heavy atom. The summed E-state index contributed by atoms with van der Waals surface area (Å²) in [7, 11) is 0. The van der Waals surface area contributed by atoms with Gasteiger partial charge in [0.05, 0.1) is 23.7 Å². The summed E-state index contributed by atoms with van der Waals surface area (Å²) in [6, 6.07) is 0.617. The Morgan fingerprint density at radius 3 is 2.78 bits per heavy atom. The highest BCUT2D eigenvalue weighted by Crippen LogP contribution is 2.55. The van der Waals surface area contributed by atoms with Crippen LogP contribution in [0, 0.1) is 12.8 Å². The van der Waals surface area contributed by atoms with Crippen LogP contribution in [0.1, 0.15) is 43.5 Å². The number of nitrogens with zero attached hydrogens (tertiary/aromatic N) is 8. The van der Waals surface area contributed by atoms with E-state index in [0.717, 1.165) is 12.5 Å². The van der Waals surface area contributed by atoms with Crippen LogP contribution in [-0.2, 0) is 11.7 Å². The number of aryl methyl sites for hydroxylation is 1. The van der Waals surface area contributed by atoms with Gasteiger partial charge in [-0.05, 0) is 24.8 Å². The quantitative estimate of drug-likeness (QED) is 0.451. The Labute approximate surface area is 201 Å². The molecule has 3 atom stereocenters. The predicted molar refractivity (Wildman–Crippen MR) is 117 cm³/mol. The van der Waals surface area contributed by atoms with E-state index < -0.39 is 23.3 Å². The maximum absolute atomic E-state index is 13.8. The summed E-state index contributed by atoms with van der Waals surface area (Å²) in [5, 5.41) is 14.7. The van der Waals surface area contributed by atoms with Crippen molar-refractivity contribution in [3.63, 3.8) is 0 Å². The smallest absolute Gasteiger partial charge is 0.418 e. The number of fused-ring (bicyclic) bond motifs is 3. The average molecular weight is 499 g/mol. The molecule has 2 fully saturated rings. The molecule has 1 saturated carbocycles. The molecule has 1 aliphatic carbocycles. The van der Waals surface area contributed by atoms with Gasteiger partial charge in [-0.1, -0.05) is 6.92 Å². The first kappa shape index (κ1) is 22.4. The molecule has 0 spiro atoms. The minimum absolute atomic E-state index is 0.00525. The van der Waals surface area contributed by atoms with Gasteiger partial charge in [-0.3, -0.25) is 10.3 Å². The molecular weight excluding hydrogens is 479 g/mol. The number of carbonyl (C=O) groups is 1. The number of alkyl halides is 3. The lowest BCUT2D eigenvalue weighted by Crippen LogP contribution is -2.70. The van der Waals surface area contributed by atoms with E-state index >= 15 is 0 Å². The van der Waals surface area contributed by atoms with E-state index in [-0.39, 0.29) is 23.1 Å². The van der Waals surface area contributed by atoms with Gasteiger partial charge in [0.25, 0.3) is 0 Å². The van der Waals surface area contributed by atoms with E-state index in [4.69, 9.17) is 4.42 Å². The molecular formula is C22H20F3N9O2. The second kappa shape index (κ2) is 7.70. The van der Waals surface area contributed by atoms with Crippen LogP contribution in [-0.4, -0.2) is 51.7 Å². The largest absolute Gasteiger partial charge is 0.423 e. The SMILES string of the molecule is Cc1nnc([C@]23C[C@@H](C)C[C@H](C2)N3C(=O)Nc2cc(-c3cn4ncnc4cn3)c(C(F)(F)F)cn2)o1. The third-order valence-electron chi connectivity index (χ3n) is 6.79. The number of urea groups is 1. The Morgan fingerprint density at radius 1 is 1.19 bits per heavy atom. The standard InChI is InChI=1S/C22H20F3N9O2/c1-11-3-13-6-21(5-11,19-32-31-12(2)36-19)34(13)20(35)30-17-4-14(15(7-27-17)22(23,24)25)16-9-33-18(8-26-16)28-10-29-33/h4,7-11,13H,3,5-6H2,1-2H3,(H,27,30,35)/t11-,13+,21-/m0/s1. The zero-order chi connectivity index (χ0) is 25.2. The van der Waals surface area contributed by atoms with Crippen LogP contribution in [0.15, 0.2) is 35.4 Å². The zero-order valence-electron chi connectivity index (χ0n) is 19.2. The highest BCUT2D eigenvalue weighted by Gasteiger charge is 2.62. The highest BCUT2D eigenvalue weighted by atomic mass is 19.4. The van der Waals surface area contributed by atoms with E-state index in [9.17, 15) is 18.0 Å². The van der Waals surface area contributed by atoms with Gasteiger partial charge in [0.2, 0.25) is 11.8 Å². The fraction of sp³-hybridized carbons (Fsp3) is 0.409. The number of piperidine rings is 1. The number of likely N-dealkylation sites (tertiary alicyclic amines) is 1. The Balaban J connectivity index is 1.34. The molecule has 0 aromatic carbocycles. The summed E-state index contributed by atoms with van der Waals surface area (Å²) < 4.78 is 48.4. The van der Waals surface area contributed by atoms with Gasteiger partial charge in [0, 0.05) is 31.1 Å². The number of pyridine rings is 1. The molecule has 6 rings (SSSR count). The lowest BCUT2D eigenvalue weighted by atomic mass is 9.64. The van der Waals surface area contributed by atoms with Crippen LogP contribution in [0.3, 0.4) is 0 Å². The van der Waals surface area contributed by atoms with Crippen LogP contribution in [0.4, 0.5) is 23.8 Å². The molecule has 0 radical (unpaired) electrons. The molecule has 0 unspecified atom stereocenters. The normalized spacial score (nSPS) is 23.5. The molecule has 11 nitrogen and oxygen atoms in total. The van der Waals surface area contributed by atoms with Crippen LogP contribution < -0.4 is 5.32 Å². The molecule has 2 aliphatic rings. The van der Waals surface area contributed by atoms with Crippen LogP contribution in [0.2, 0.25) is 0 Å². The van der Waals surface area contributed by atoms with Crippen molar-refractivity contribution in [3.8, 4) is 11.3 Å². The molecule has 36 heavy (non-hydrogen) atoms. The maximum Gasteiger partial charge on any atom is 0.418 e. The van der Waals surface area contributed by atoms with E-state index in [1.54, 1.807) is 11.8 Å². The fourth-order valence-corrected chi connectivity index (χ4v) is 5.43. The first-order chi connectivity index (χ1) is 17.1. The van der Waals surface area contributed by atoms with Gasteiger partial charge < -0.3 is 9.32 Å². The molecule has 2 bridgehead atoms. The lowest BCUT2D eigenvalue weighted by molar-refractivity contribution is -0.137. The van der Waals surface area contributed by atoms with Gasteiger partial charge in [-0.15, -0.1) is 10.2 Å². The van der Waals surface area contributed by atoms with Crippen molar-refractivity contribution in [3.05, 3.63) is 48.3 Å². The minimum Gasteiger partial charge on any atom is -0.423 e. The second-order valence-corrected chi connectivity index (χ2v) is 9.31. The zero-order valence-corrected chi connectivity index (χ0v) is 19.2. The minimum atomic E-state index is -4.69. The number of aromatic nitrogens is 7. The average Bonchev–Trinajstić information content (AvgIpc) is 3.46. The number of carbonyl (C=O) groups excluding carboxylic acids is 1. The highest BCUT2D eigenvalue weighted by molar-refractivity contribution is 5.91.